The topological polar surface area (TPSA) is 68.0 Å². The van der Waals surface area contributed by atoms with E-state index < -0.39 is 0 Å². The Hall–Kier alpha value is -2.60. The average Bonchev–Trinajstić information content (AvgIpc) is 3.08. The number of aromatic nitrogens is 2. The molecule has 0 aliphatic rings. The van der Waals surface area contributed by atoms with Crippen molar-refractivity contribution in [1.82, 2.24) is 10.2 Å². The van der Waals surface area contributed by atoms with Crippen molar-refractivity contribution in [3.63, 3.8) is 0 Å². The van der Waals surface area contributed by atoms with Gasteiger partial charge in [-0.1, -0.05) is 75.0 Å². The fourth-order valence-corrected chi connectivity index (χ4v) is 3.10. The van der Waals surface area contributed by atoms with Crippen molar-refractivity contribution in [1.29, 1.82) is 0 Å². The van der Waals surface area contributed by atoms with Crippen molar-refractivity contribution >= 4 is 23.4 Å². The van der Waals surface area contributed by atoms with E-state index in [2.05, 4.69) is 36.3 Å². The second-order valence-corrected chi connectivity index (χ2v) is 8.21. The van der Waals surface area contributed by atoms with Gasteiger partial charge in [-0.25, -0.2) is 0 Å². The van der Waals surface area contributed by atoms with Crippen molar-refractivity contribution in [2.24, 2.45) is 0 Å². The highest BCUT2D eigenvalue weighted by atomic mass is 32.2. The number of amides is 1. The van der Waals surface area contributed by atoms with Gasteiger partial charge in [-0.3, -0.25) is 4.79 Å². The summed E-state index contributed by atoms with van der Waals surface area (Å²) < 4.78 is 5.60. The number of nitrogens with one attached hydrogen (secondary N) is 1. The van der Waals surface area contributed by atoms with Crippen LogP contribution in [0.15, 0.2) is 64.2 Å². The number of nitrogens with zero attached hydrogens (tertiary/aromatic N) is 2. The van der Waals surface area contributed by atoms with Crippen LogP contribution in [0.2, 0.25) is 0 Å². The minimum absolute atomic E-state index is 0.0911. The van der Waals surface area contributed by atoms with E-state index in [0.29, 0.717) is 17.5 Å². The van der Waals surface area contributed by atoms with Gasteiger partial charge >= 0.3 is 0 Å². The van der Waals surface area contributed by atoms with Gasteiger partial charge < -0.3 is 9.73 Å². The molecule has 0 aliphatic heterocycles. The molecule has 1 N–H and O–H groups in total. The van der Waals surface area contributed by atoms with Crippen LogP contribution in [-0.4, -0.2) is 21.9 Å². The van der Waals surface area contributed by atoms with E-state index in [0.717, 1.165) is 11.3 Å². The summed E-state index contributed by atoms with van der Waals surface area (Å²) in [6.07, 6.45) is 0.584. The summed E-state index contributed by atoms with van der Waals surface area (Å²) in [5.74, 6) is 0.654. The van der Waals surface area contributed by atoms with Crippen molar-refractivity contribution in [3.05, 3.63) is 71.6 Å². The molecule has 0 atom stereocenters. The van der Waals surface area contributed by atoms with E-state index >= 15 is 0 Å². The smallest absolute Gasteiger partial charge is 0.277 e. The monoisotopic (exact) mass is 381 g/mol. The maximum Gasteiger partial charge on any atom is 0.277 e. The molecule has 0 bridgehead atoms. The number of thioether (sulfide) groups is 1. The Morgan fingerprint density at radius 3 is 2.41 bits per heavy atom. The zero-order valence-electron chi connectivity index (χ0n) is 15.7. The maximum atomic E-state index is 12.1. The normalized spacial score (nSPS) is 11.4. The first kappa shape index (κ1) is 19.2. The summed E-state index contributed by atoms with van der Waals surface area (Å²) in [6.45, 7) is 6.48. The van der Waals surface area contributed by atoms with E-state index in [-0.39, 0.29) is 17.1 Å². The Balaban J connectivity index is 1.49. The Morgan fingerprint density at radius 2 is 1.74 bits per heavy atom. The molecule has 0 fully saturated rings. The molecule has 1 heterocycles. The Bertz CT molecular complexity index is 884. The van der Waals surface area contributed by atoms with E-state index in [1.807, 2.05) is 54.6 Å². The van der Waals surface area contributed by atoms with Gasteiger partial charge in [0.1, 0.15) is 0 Å². The van der Waals surface area contributed by atoms with Crippen LogP contribution in [0.3, 0.4) is 0 Å². The second-order valence-electron chi connectivity index (χ2n) is 7.29. The van der Waals surface area contributed by atoms with E-state index in [9.17, 15) is 4.79 Å². The summed E-state index contributed by atoms with van der Waals surface area (Å²) in [5.41, 5.74) is 3.21. The third kappa shape index (κ3) is 5.69. The highest BCUT2D eigenvalue weighted by Gasteiger charge is 2.14. The molecular weight excluding hydrogens is 358 g/mol. The lowest BCUT2D eigenvalue weighted by Gasteiger charge is -2.19. The summed E-state index contributed by atoms with van der Waals surface area (Å²) >= 11 is 1.23. The molecule has 140 valence electrons. The predicted molar refractivity (Wildman–Crippen MR) is 108 cm³/mol. The van der Waals surface area contributed by atoms with Crippen molar-refractivity contribution < 1.29 is 9.21 Å². The van der Waals surface area contributed by atoms with Crippen LogP contribution in [0, 0.1) is 0 Å². The van der Waals surface area contributed by atoms with Gasteiger partial charge in [0.25, 0.3) is 5.22 Å². The number of hydrogen-bond donors (Lipinski definition) is 1. The molecule has 0 saturated heterocycles. The number of benzene rings is 2. The van der Waals surface area contributed by atoms with Crippen LogP contribution in [-0.2, 0) is 16.6 Å². The third-order valence-electron chi connectivity index (χ3n) is 4.01. The van der Waals surface area contributed by atoms with E-state index in [4.69, 9.17) is 4.42 Å². The second kappa shape index (κ2) is 8.39. The molecule has 0 spiro atoms. The first-order valence-corrected chi connectivity index (χ1v) is 9.78. The molecule has 3 aromatic rings. The molecule has 0 radical (unpaired) electrons. The quantitative estimate of drug-likeness (QED) is 0.628. The summed E-state index contributed by atoms with van der Waals surface area (Å²) in [6, 6.07) is 17.9. The van der Waals surface area contributed by atoms with Crippen LogP contribution in [0.1, 0.15) is 37.8 Å². The van der Waals surface area contributed by atoms with Gasteiger partial charge in [0, 0.05) is 5.69 Å². The first-order valence-electron chi connectivity index (χ1n) is 8.80. The lowest BCUT2D eigenvalue weighted by atomic mass is 9.87. The van der Waals surface area contributed by atoms with Crippen LogP contribution in [0.25, 0.3) is 0 Å². The fraction of sp³-hybridized carbons (Fsp3) is 0.286. The number of carbonyl (C=O) groups excluding carboxylic acids is 1. The minimum atomic E-state index is -0.105. The zero-order chi connectivity index (χ0) is 19.3. The molecule has 0 unspecified atom stereocenters. The van der Waals surface area contributed by atoms with Gasteiger partial charge in [0.05, 0.1) is 12.2 Å². The number of carbonyl (C=O) groups is 1. The molecular formula is C21H23N3O2S. The Morgan fingerprint density at radius 1 is 1.04 bits per heavy atom. The first-order chi connectivity index (χ1) is 12.9. The molecule has 2 aromatic carbocycles. The number of rotatable bonds is 6. The van der Waals surface area contributed by atoms with E-state index in [1.54, 1.807) is 0 Å². The van der Waals surface area contributed by atoms with Gasteiger partial charge in [-0.2, -0.15) is 0 Å². The summed E-state index contributed by atoms with van der Waals surface area (Å²) in [4.78, 5) is 12.1. The van der Waals surface area contributed by atoms with Gasteiger partial charge in [-0.15, -0.1) is 10.2 Å². The highest BCUT2D eigenvalue weighted by molar-refractivity contribution is 7.99. The van der Waals surface area contributed by atoms with E-state index in [1.165, 1.54) is 17.3 Å². The standard InChI is InChI=1S/C21H23N3O2S/c1-21(2,3)16-9-11-17(12-10-16)22-18(25)14-27-20-24-23-19(26-20)13-15-7-5-4-6-8-15/h4-12H,13-14H2,1-3H3,(H,22,25). The summed E-state index contributed by atoms with van der Waals surface area (Å²) in [7, 11) is 0. The highest BCUT2D eigenvalue weighted by Crippen LogP contribution is 2.24. The van der Waals surface area contributed by atoms with Crippen molar-refractivity contribution in [3.8, 4) is 0 Å². The molecule has 0 aliphatic carbocycles. The van der Waals surface area contributed by atoms with Crippen molar-refractivity contribution in [2.75, 3.05) is 11.1 Å². The molecule has 5 nitrogen and oxygen atoms in total. The minimum Gasteiger partial charge on any atom is -0.416 e. The van der Waals surface area contributed by atoms with Gasteiger partial charge in [0.2, 0.25) is 11.8 Å². The molecule has 1 aromatic heterocycles. The average molecular weight is 382 g/mol. The molecule has 3 rings (SSSR count). The molecule has 0 saturated carbocycles. The van der Waals surface area contributed by atoms with Gasteiger partial charge in [-0.05, 0) is 28.7 Å². The Labute approximate surface area is 163 Å². The fourth-order valence-electron chi connectivity index (χ4n) is 2.52. The van der Waals surface area contributed by atoms with Crippen LogP contribution in [0.5, 0.6) is 0 Å². The largest absolute Gasteiger partial charge is 0.416 e. The molecule has 6 heteroatoms. The van der Waals surface area contributed by atoms with Crippen molar-refractivity contribution in [2.45, 2.75) is 37.8 Å². The third-order valence-corrected chi connectivity index (χ3v) is 4.83. The zero-order valence-corrected chi connectivity index (χ0v) is 16.5. The Kier molecular flexibility index (Phi) is 5.96. The SMILES string of the molecule is CC(C)(C)c1ccc(NC(=O)CSc2nnc(Cc3ccccc3)o2)cc1. The lowest BCUT2D eigenvalue weighted by molar-refractivity contribution is -0.113. The number of anilines is 1. The van der Waals surface area contributed by atoms with Crippen LogP contribution < -0.4 is 5.32 Å². The van der Waals surface area contributed by atoms with Crippen LogP contribution >= 0.6 is 11.8 Å². The molecule has 27 heavy (non-hydrogen) atoms. The predicted octanol–water partition coefficient (Wildman–Crippen LogP) is 4.69. The summed E-state index contributed by atoms with van der Waals surface area (Å²) in [5, 5.41) is 11.3. The molecule has 1 amide bonds. The lowest BCUT2D eigenvalue weighted by Crippen LogP contribution is -2.15. The van der Waals surface area contributed by atoms with Gasteiger partial charge in [0.15, 0.2) is 0 Å². The number of hydrogen-bond acceptors (Lipinski definition) is 5. The van der Waals surface area contributed by atoms with Crippen LogP contribution in [0.4, 0.5) is 5.69 Å². The maximum absolute atomic E-state index is 12.1.